The van der Waals surface area contributed by atoms with Crippen LogP contribution in [-0.4, -0.2) is 22.4 Å². The molecule has 0 radical (unpaired) electrons. The van der Waals surface area contributed by atoms with Crippen molar-refractivity contribution in [2.45, 2.75) is 32.6 Å². The number of hydrogen-bond donors (Lipinski definition) is 2. The van der Waals surface area contributed by atoms with Gasteiger partial charge in [0.15, 0.2) is 0 Å². The Balaban J connectivity index is 2.07. The van der Waals surface area contributed by atoms with Crippen molar-refractivity contribution < 1.29 is 9.72 Å². The van der Waals surface area contributed by atoms with Crippen LogP contribution in [0.1, 0.15) is 43.1 Å². The molecule has 0 bridgehead atoms. The first-order valence-corrected chi connectivity index (χ1v) is 7.17. The summed E-state index contributed by atoms with van der Waals surface area (Å²) in [7, 11) is 0. The maximum absolute atomic E-state index is 12.0. The standard InChI is InChI=1S/C15H19N3O3/c1-2-3-4-5-9-16-15(19)12-10-11-7-6-8-13(18(20)21)14(11)17-12/h6-8,10,17H,2-5,9H2,1H3,(H,16,19). The molecule has 0 unspecified atom stereocenters. The third kappa shape index (κ3) is 3.59. The van der Waals surface area contributed by atoms with Gasteiger partial charge in [-0.15, -0.1) is 0 Å². The highest BCUT2D eigenvalue weighted by Gasteiger charge is 2.16. The monoisotopic (exact) mass is 289 g/mol. The van der Waals surface area contributed by atoms with Crippen molar-refractivity contribution in [2.75, 3.05) is 6.54 Å². The molecule has 112 valence electrons. The van der Waals surface area contributed by atoms with Gasteiger partial charge in [-0.25, -0.2) is 0 Å². The Labute approximate surface area is 122 Å². The number of non-ortho nitro benzene ring substituents is 1. The molecule has 0 saturated heterocycles. The molecule has 2 aromatic rings. The molecule has 0 aliphatic heterocycles. The molecule has 0 saturated carbocycles. The van der Waals surface area contributed by atoms with Crippen molar-refractivity contribution in [1.29, 1.82) is 0 Å². The number of aromatic amines is 1. The molecule has 1 aromatic carbocycles. The summed E-state index contributed by atoms with van der Waals surface area (Å²) in [5, 5.41) is 14.4. The van der Waals surface area contributed by atoms with Crippen LogP contribution < -0.4 is 5.32 Å². The number of nitrogens with one attached hydrogen (secondary N) is 2. The Hall–Kier alpha value is -2.37. The highest BCUT2D eigenvalue weighted by Crippen LogP contribution is 2.25. The lowest BCUT2D eigenvalue weighted by molar-refractivity contribution is -0.383. The number of H-pyrrole nitrogens is 1. The molecular weight excluding hydrogens is 270 g/mol. The number of carbonyl (C=O) groups excluding carboxylic acids is 1. The fourth-order valence-electron chi connectivity index (χ4n) is 2.26. The number of unbranched alkanes of at least 4 members (excludes halogenated alkanes) is 3. The van der Waals surface area contributed by atoms with Crippen LogP contribution >= 0.6 is 0 Å². The van der Waals surface area contributed by atoms with E-state index in [1.807, 2.05) is 0 Å². The van der Waals surface area contributed by atoms with Crippen molar-refractivity contribution in [1.82, 2.24) is 10.3 Å². The van der Waals surface area contributed by atoms with Crippen molar-refractivity contribution in [2.24, 2.45) is 0 Å². The van der Waals surface area contributed by atoms with Gasteiger partial charge < -0.3 is 10.3 Å². The van der Waals surface area contributed by atoms with Gasteiger partial charge in [0.05, 0.1) is 4.92 Å². The lowest BCUT2D eigenvalue weighted by atomic mass is 10.2. The number of rotatable bonds is 7. The second-order valence-electron chi connectivity index (χ2n) is 5.00. The molecule has 0 fully saturated rings. The van der Waals surface area contributed by atoms with E-state index in [0.29, 0.717) is 23.1 Å². The van der Waals surface area contributed by atoms with E-state index in [9.17, 15) is 14.9 Å². The van der Waals surface area contributed by atoms with Crippen LogP contribution in [0.25, 0.3) is 10.9 Å². The second kappa shape index (κ2) is 6.88. The first-order valence-electron chi connectivity index (χ1n) is 7.17. The number of para-hydroxylation sites is 1. The summed E-state index contributed by atoms with van der Waals surface area (Å²) in [4.78, 5) is 25.4. The van der Waals surface area contributed by atoms with Crippen molar-refractivity contribution in [3.63, 3.8) is 0 Å². The van der Waals surface area contributed by atoms with E-state index in [1.165, 1.54) is 6.07 Å². The zero-order chi connectivity index (χ0) is 15.2. The normalized spacial score (nSPS) is 10.7. The average Bonchev–Trinajstić information content (AvgIpc) is 2.90. The number of hydrogen-bond acceptors (Lipinski definition) is 3. The maximum Gasteiger partial charge on any atom is 0.293 e. The SMILES string of the molecule is CCCCCCNC(=O)c1cc2cccc([N+](=O)[O-])c2[nH]1. The fraction of sp³-hybridized carbons (Fsp3) is 0.400. The number of amides is 1. The smallest absolute Gasteiger partial charge is 0.293 e. The van der Waals surface area contributed by atoms with Crippen LogP contribution in [0.15, 0.2) is 24.3 Å². The summed E-state index contributed by atoms with van der Waals surface area (Å²) in [6.45, 7) is 2.76. The van der Waals surface area contributed by atoms with Gasteiger partial charge >= 0.3 is 0 Å². The van der Waals surface area contributed by atoms with Crippen LogP contribution in [0.2, 0.25) is 0 Å². The average molecular weight is 289 g/mol. The zero-order valence-corrected chi connectivity index (χ0v) is 12.0. The Kier molecular flexibility index (Phi) is 4.92. The van der Waals surface area contributed by atoms with Gasteiger partial charge in [-0.2, -0.15) is 0 Å². The molecular formula is C15H19N3O3. The number of nitro benzene ring substituents is 1. The minimum absolute atomic E-state index is 0.0190. The molecule has 6 heteroatoms. The van der Waals surface area contributed by atoms with E-state index in [-0.39, 0.29) is 11.6 Å². The van der Waals surface area contributed by atoms with Crippen molar-refractivity contribution in [3.8, 4) is 0 Å². The molecule has 6 nitrogen and oxygen atoms in total. The van der Waals surface area contributed by atoms with E-state index >= 15 is 0 Å². The quantitative estimate of drug-likeness (QED) is 0.465. The summed E-state index contributed by atoms with van der Waals surface area (Å²) >= 11 is 0. The van der Waals surface area contributed by atoms with Crippen LogP contribution in [0.4, 0.5) is 5.69 Å². The Morgan fingerprint density at radius 3 is 2.86 bits per heavy atom. The predicted molar refractivity (Wildman–Crippen MR) is 81.4 cm³/mol. The lowest BCUT2D eigenvalue weighted by Gasteiger charge is -2.02. The summed E-state index contributed by atoms with van der Waals surface area (Å²) in [6.07, 6.45) is 4.35. The maximum atomic E-state index is 12.0. The van der Waals surface area contributed by atoms with Gasteiger partial charge in [0.25, 0.3) is 11.6 Å². The fourth-order valence-corrected chi connectivity index (χ4v) is 2.26. The summed E-state index contributed by atoms with van der Waals surface area (Å²) in [6, 6.07) is 6.42. The molecule has 21 heavy (non-hydrogen) atoms. The summed E-state index contributed by atoms with van der Waals surface area (Å²) in [5.74, 6) is -0.225. The van der Waals surface area contributed by atoms with Crippen molar-refractivity contribution >= 4 is 22.5 Å². The van der Waals surface area contributed by atoms with Gasteiger partial charge in [0.2, 0.25) is 0 Å². The zero-order valence-electron chi connectivity index (χ0n) is 12.0. The van der Waals surface area contributed by atoms with Gasteiger partial charge in [0.1, 0.15) is 11.2 Å². The number of carbonyl (C=O) groups is 1. The van der Waals surface area contributed by atoms with Gasteiger partial charge in [0, 0.05) is 18.0 Å². The number of nitro groups is 1. The first-order chi connectivity index (χ1) is 10.1. The lowest BCUT2D eigenvalue weighted by Crippen LogP contribution is -2.24. The molecule has 0 atom stereocenters. The molecule has 2 rings (SSSR count). The number of benzene rings is 1. The van der Waals surface area contributed by atoms with Crippen molar-refractivity contribution in [3.05, 3.63) is 40.1 Å². The highest BCUT2D eigenvalue weighted by molar-refractivity contribution is 6.00. The van der Waals surface area contributed by atoms with Crippen LogP contribution in [-0.2, 0) is 0 Å². The molecule has 1 amide bonds. The van der Waals surface area contributed by atoms with Gasteiger partial charge in [-0.1, -0.05) is 38.3 Å². The van der Waals surface area contributed by atoms with Gasteiger partial charge in [-0.3, -0.25) is 14.9 Å². The molecule has 1 aromatic heterocycles. The number of nitrogens with zero attached hydrogens (tertiary/aromatic N) is 1. The molecule has 2 N–H and O–H groups in total. The van der Waals surface area contributed by atoms with E-state index in [1.54, 1.807) is 18.2 Å². The van der Waals surface area contributed by atoms with Crippen LogP contribution in [0.3, 0.4) is 0 Å². The molecule has 0 spiro atoms. The Morgan fingerprint density at radius 2 is 2.14 bits per heavy atom. The molecule has 1 heterocycles. The van der Waals surface area contributed by atoms with Crippen LogP contribution in [0.5, 0.6) is 0 Å². The minimum atomic E-state index is -0.453. The van der Waals surface area contributed by atoms with E-state index in [0.717, 1.165) is 25.7 Å². The van der Waals surface area contributed by atoms with E-state index < -0.39 is 4.92 Å². The first kappa shape index (κ1) is 15.0. The largest absolute Gasteiger partial charge is 0.351 e. The van der Waals surface area contributed by atoms with E-state index in [4.69, 9.17) is 0 Å². The number of aromatic nitrogens is 1. The summed E-state index contributed by atoms with van der Waals surface area (Å²) < 4.78 is 0. The second-order valence-corrected chi connectivity index (χ2v) is 5.00. The highest BCUT2D eigenvalue weighted by atomic mass is 16.6. The van der Waals surface area contributed by atoms with E-state index in [2.05, 4.69) is 17.2 Å². The van der Waals surface area contributed by atoms with Crippen LogP contribution in [0, 0.1) is 10.1 Å². The Bertz CT molecular complexity index is 649. The third-order valence-corrected chi connectivity index (χ3v) is 3.39. The Morgan fingerprint density at radius 1 is 1.33 bits per heavy atom. The third-order valence-electron chi connectivity index (χ3n) is 3.39. The molecule has 0 aliphatic rings. The van der Waals surface area contributed by atoms with Gasteiger partial charge in [-0.05, 0) is 12.5 Å². The minimum Gasteiger partial charge on any atom is -0.351 e. The topological polar surface area (TPSA) is 88.0 Å². The predicted octanol–water partition coefficient (Wildman–Crippen LogP) is 3.39. The molecule has 0 aliphatic carbocycles. The summed E-state index contributed by atoms with van der Waals surface area (Å²) in [5.41, 5.74) is 0.725. The number of fused-ring (bicyclic) bond motifs is 1.